The van der Waals surface area contributed by atoms with Crippen LogP contribution >= 0.6 is 22.9 Å². The molecule has 0 spiro atoms. The van der Waals surface area contributed by atoms with E-state index in [1.807, 2.05) is 60.7 Å². The molecule has 6 nitrogen and oxygen atoms in total. The van der Waals surface area contributed by atoms with Gasteiger partial charge in [0, 0.05) is 0 Å². The molecule has 0 unspecified atom stereocenters. The molecule has 0 saturated carbocycles. The number of nitrogens with one attached hydrogen (secondary N) is 1. The Morgan fingerprint density at radius 3 is 1.98 bits per heavy atom. The van der Waals surface area contributed by atoms with Crippen LogP contribution in [0.25, 0.3) is 0 Å². The minimum atomic E-state index is -0.797. The number of carbonyl (C=O) groups is 1. The lowest BCUT2D eigenvalue weighted by atomic mass is 9.77. The second-order valence-corrected chi connectivity index (χ2v) is 10.4. The predicted octanol–water partition coefficient (Wildman–Crippen LogP) is 6.31. The van der Waals surface area contributed by atoms with Crippen molar-refractivity contribution in [2.75, 3.05) is 7.11 Å². The Kier molecular flexibility index (Phi) is 8.24. The number of halogens is 1. The topological polar surface area (TPSA) is 72.7 Å². The first kappa shape index (κ1) is 27.1. The fraction of sp³-hybridized carbons (Fsp3) is 0.0938. The van der Waals surface area contributed by atoms with Crippen LogP contribution < -0.4 is 10.3 Å². The van der Waals surface area contributed by atoms with Crippen LogP contribution in [-0.4, -0.2) is 23.9 Å². The summed E-state index contributed by atoms with van der Waals surface area (Å²) in [4.78, 5) is 25.1. The van der Waals surface area contributed by atoms with Crippen molar-refractivity contribution in [2.45, 2.75) is 12.1 Å². The van der Waals surface area contributed by atoms with Crippen molar-refractivity contribution < 1.29 is 9.53 Å². The molecule has 5 rings (SSSR count). The van der Waals surface area contributed by atoms with Crippen LogP contribution in [0.1, 0.15) is 37.5 Å². The molecule has 8 heteroatoms. The number of hydrogen-bond donors (Lipinski definition) is 1. The largest absolute Gasteiger partial charge is 0.465 e. The molecule has 5 aromatic rings. The van der Waals surface area contributed by atoms with Crippen molar-refractivity contribution in [3.8, 4) is 0 Å². The van der Waals surface area contributed by atoms with Gasteiger partial charge in [-0.3, -0.25) is 14.8 Å². The van der Waals surface area contributed by atoms with Gasteiger partial charge in [0.2, 0.25) is 0 Å². The molecule has 0 aliphatic rings. The number of thiazole rings is 1. The molecule has 0 fully saturated rings. The normalized spacial score (nSPS) is 11.4. The maximum Gasteiger partial charge on any atom is 0.337 e. The summed E-state index contributed by atoms with van der Waals surface area (Å²) in [6.45, 7) is 0.211. The summed E-state index contributed by atoms with van der Waals surface area (Å²) in [5.41, 5.74) is 6.80. The zero-order chi connectivity index (χ0) is 28.0. The third kappa shape index (κ3) is 5.47. The molecule has 0 aliphatic carbocycles. The van der Waals surface area contributed by atoms with Gasteiger partial charge in [-0.1, -0.05) is 126 Å². The number of methoxy groups -OCH3 is 1. The first-order valence-corrected chi connectivity index (χ1v) is 13.8. The third-order valence-corrected chi connectivity index (χ3v) is 8.01. The molecule has 0 amide bonds. The molecule has 1 N–H and O–H groups in total. The summed E-state index contributed by atoms with van der Waals surface area (Å²) in [5.74, 6) is -0.441. The van der Waals surface area contributed by atoms with Crippen molar-refractivity contribution in [1.29, 1.82) is 0 Å². The number of carbonyl (C=O) groups excluding carboxylic acids is 1. The van der Waals surface area contributed by atoms with E-state index in [1.165, 1.54) is 11.7 Å². The van der Waals surface area contributed by atoms with Crippen LogP contribution in [0.2, 0.25) is 5.15 Å². The highest BCUT2D eigenvalue weighted by atomic mass is 35.5. The summed E-state index contributed by atoms with van der Waals surface area (Å²) in [5, 5.41) is 4.92. The Bertz CT molecular complexity index is 1590. The molecule has 0 atom stereocenters. The van der Waals surface area contributed by atoms with Gasteiger partial charge in [0.25, 0.3) is 0 Å². The Morgan fingerprint density at radius 2 is 1.45 bits per heavy atom. The maximum atomic E-state index is 12.9. The number of esters is 1. The number of hydrazone groups is 1. The van der Waals surface area contributed by atoms with Gasteiger partial charge in [-0.25, -0.2) is 4.79 Å². The van der Waals surface area contributed by atoms with E-state index >= 15 is 0 Å². The monoisotopic (exact) mass is 567 g/mol. The molecular weight excluding hydrogens is 542 g/mol. The van der Waals surface area contributed by atoms with Gasteiger partial charge in [0.15, 0.2) is 0 Å². The molecule has 1 heterocycles. The van der Waals surface area contributed by atoms with Crippen molar-refractivity contribution >= 4 is 35.1 Å². The summed E-state index contributed by atoms with van der Waals surface area (Å²) in [6, 6.07) is 37.2. The van der Waals surface area contributed by atoms with E-state index in [1.54, 1.807) is 24.4 Å². The van der Waals surface area contributed by atoms with Gasteiger partial charge in [-0.05, 0) is 34.4 Å². The van der Waals surface area contributed by atoms with E-state index in [2.05, 4.69) is 46.9 Å². The number of aromatic nitrogens is 1. The highest BCUT2D eigenvalue weighted by Gasteiger charge is 2.36. The van der Waals surface area contributed by atoms with Crippen molar-refractivity contribution in [1.82, 2.24) is 9.99 Å². The van der Waals surface area contributed by atoms with Crippen LogP contribution in [-0.2, 0) is 16.8 Å². The fourth-order valence-electron chi connectivity index (χ4n) is 4.66. The van der Waals surface area contributed by atoms with Gasteiger partial charge in [-0.15, -0.1) is 0 Å². The Hall–Kier alpha value is -4.46. The highest BCUT2D eigenvalue weighted by Crippen LogP contribution is 2.36. The average molecular weight is 568 g/mol. The Labute approximate surface area is 241 Å². The second kappa shape index (κ2) is 12.2. The molecule has 0 radical (unpaired) electrons. The molecule has 0 saturated heterocycles. The van der Waals surface area contributed by atoms with Crippen molar-refractivity contribution in [2.24, 2.45) is 5.10 Å². The van der Waals surface area contributed by atoms with E-state index in [9.17, 15) is 9.59 Å². The van der Waals surface area contributed by atoms with Crippen molar-refractivity contribution in [3.63, 3.8) is 0 Å². The van der Waals surface area contributed by atoms with Gasteiger partial charge in [-0.2, -0.15) is 5.10 Å². The quantitative estimate of drug-likeness (QED) is 0.0980. The number of rotatable bonds is 9. The molecule has 1 aromatic heterocycles. The summed E-state index contributed by atoms with van der Waals surface area (Å²) in [6.07, 6.45) is 1.58. The van der Waals surface area contributed by atoms with Crippen LogP contribution in [0.4, 0.5) is 0 Å². The molecule has 0 aliphatic heterocycles. The maximum absolute atomic E-state index is 12.9. The van der Waals surface area contributed by atoms with Crippen LogP contribution in [0, 0.1) is 0 Å². The lowest BCUT2D eigenvalue weighted by Crippen LogP contribution is -2.41. The SMILES string of the molecule is COC(=O)c1cccc(Cn2c(Cl)c(/C=N/NC(c3ccccc3)(c3ccccc3)c3ccccc3)sc2=O)c1. The third-order valence-electron chi connectivity index (χ3n) is 6.58. The molecular formula is C32H26ClN3O3S. The van der Waals surface area contributed by atoms with Crippen LogP contribution in [0.5, 0.6) is 0 Å². The number of ether oxygens (including phenoxy) is 1. The molecule has 4 aromatic carbocycles. The standard InChI is InChI=1S/C32H26ClN3O3S/c1-39-30(37)24-13-11-12-23(20-24)22-36-29(33)28(40-31(36)38)21-34-35-32(25-14-5-2-6-15-25,26-16-7-3-8-17-26)27-18-9-4-10-19-27/h2-21,35H,22H2,1H3/b34-21+. The number of hydrogen-bond acceptors (Lipinski definition) is 6. The second-order valence-electron chi connectivity index (χ2n) is 9.02. The summed E-state index contributed by atoms with van der Waals surface area (Å²) < 4.78 is 6.27. The molecule has 0 bridgehead atoms. The van der Waals surface area contributed by atoms with E-state index < -0.39 is 11.5 Å². The molecule has 40 heavy (non-hydrogen) atoms. The Balaban J connectivity index is 1.51. The molecule has 200 valence electrons. The van der Waals surface area contributed by atoms with Gasteiger partial charge < -0.3 is 4.74 Å². The zero-order valence-electron chi connectivity index (χ0n) is 21.7. The average Bonchev–Trinajstić information content (AvgIpc) is 3.28. The fourth-order valence-corrected chi connectivity index (χ4v) is 5.77. The summed E-state index contributed by atoms with van der Waals surface area (Å²) in [7, 11) is 1.33. The van der Waals surface area contributed by atoms with E-state index in [-0.39, 0.29) is 16.6 Å². The summed E-state index contributed by atoms with van der Waals surface area (Å²) >= 11 is 7.68. The number of benzene rings is 4. The van der Waals surface area contributed by atoms with Gasteiger partial charge in [0.1, 0.15) is 10.7 Å². The van der Waals surface area contributed by atoms with E-state index in [0.29, 0.717) is 10.4 Å². The van der Waals surface area contributed by atoms with Crippen molar-refractivity contribution in [3.05, 3.63) is 163 Å². The smallest absolute Gasteiger partial charge is 0.337 e. The van der Waals surface area contributed by atoms with Crippen LogP contribution in [0.3, 0.4) is 0 Å². The first-order chi connectivity index (χ1) is 19.5. The lowest BCUT2D eigenvalue weighted by Gasteiger charge is -2.35. The Morgan fingerprint density at radius 1 is 0.900 bits per heavy atom. The van der Waals surface area contributed by atoms with Gasteiger partial charge >= 0.3 is 10.8 Å². The van der Waals surface area contributed by atoms with E-state index in [0.717, 1.165) is 33.6 Å². The van der Waals surface area contributed by atoms with Gasteiger partial charge in [0.05, 0.1) is 30.3 Å². The van der Waals surface area contributed by atoms with E-state index in [4.69, 9.17) is 16.3 Å². The lowest BCUT2D eigenvalue weighted by molar-refractivity contribution is 0.0600. The van der Waals surface area contributed by atoms with Crippen LogP contribution in [0.15, 0.2) is 125 Å². The predicted molar refractivity (Wildman–Crippen MR) is 160 cm³/mol. The minimum Gasteiger partial charge on any atom is -0.465 e. The first-order valence-electron chi connectivity index (χ1n) is 12.6. The zero-order valence-corrected chi connectivity index (χ0v) is 23.2. The minimum absolute atomic E-state index is 0.211. The number of nitrogens with zero attached hydrogens (tertiary/aromatic N) is 2. The highest BCUT2D eigenvalue weighted by molar-refractivity contribution is 7.11.